The summed E-state index contributed by atoms with van der Waals surface area (Å²) in [5.74, 6) is 0. The normalized spacial score (nSPS) is 16.6. The highest BCUT2D eigenvalue weighted by Crippen LogP contribution is 2.12. The van der Waals surface area contributed by atoms with Crippen LogP contribution in [0.3, 0.4) is 0 Å². The Labute approximate surface area is 196 Å². The van der Waals surface area contributed by atoms with Crippen molar-refractivity contribution in [2.75, 3.05) is 26.4 Å². The van der Waals surface area contributed by atoms with Crippen LogP contribution in [0.5, 0.6) is 0 Å². The molecule has 0 saturated heterocycles. The Morgan fingerprint density at radius 3 is 1.47 bits per heavy atom. The molecule has 5 atom stereocenters. The first-order valence-corrected chi connectivity index (χ1v) is 12.9. The predicted molar refractivity (Wildman–Crippen MR) is 128 cm³/mol. The second-order valence-electron chi connectivity index (χ2n) is 8.77. The molecule has 194 valence electrons. The molecule has 0 aromatic rings. The number of hydrogen-bond acceptors (Lipinski definition) is 7. The van der Waals surface area contributed by atoms with Crippen LogP contribution in [-0.4, -0.2) is 72.6 Å². The Hall–Kier alpha value is -0.280. The van der Waals surface area contributed by atoms with E-state index in [0.29, 0.717) is 13.2 Å². The lowest BCUT2D eigenvalue weighted by Crippen LogP contribution is -2.39. The second-order valence-corrected chi connectivity index (χ2v) is 8.77. The fourth-order valence-corrected chi connectivity index (χ4v) is 3.31. The Balaban J connectivity index is 4.24. The minimum Gasteiger partial charge on any atom is -0.394 e. The molecule has 5 unspecified atom stereocenters. The molecule has 0 radical (unpaired) electrons. The highest BCUT2D eigenvalue weighted by atomic mass is 16.7. The molecule has 0 aliphatic carbocycles. The SMILES string of the molecule is CCCCCCCCOC(OCC(CO)OC(OCCCCCCCC)C(C)O)C(C)O. The molecular weight excluding hydrogens is 412 g/mol. The van der Waals surface area contributed by atoms with Crippen molar-refractivity contribution in [3.63, 3.8) is 0 Å². The summed E-state index contributed by atoms with van der Waals surface area (Å²) in [5, 5.41) is 29.6. The number of aliphatic hydroxyl groups is 3. The molecule has 0 aliphatic heterocycles. The van der Waals surface area contributed by atoms with E-state index in [2.05, 4.69) is 13.8 Å². The predicted octanol–water partition coefficient (Wildman–Crippen LogP) is 4.55. The molecule has 0 aromatic heterocycles. The third-order valence-electron chi connectivity index (χ3n) is 5.32. The van der Waals surface area contributed by atoms with Crippen molar-refractivity contribution in [1.29, 1.82) is 0 Å². The van der Waals surface area contributed by atoms with Gasteiger partial charge in [0.05, 0.1) is 13.2 Å². The standard InChI is InChI=1S/C25H52O7/c1-5-7-9-11-13-15-17-29-24(21(3)27)31-20-23(19-26)32-25(22(4)28)30-18-16-14-12-10-8-6-2/h21-28H,5-20H2,1-4H3. The van der Waals surface area contributed by atoms with Gasteiger partial charge < -0.3 is 34.3 Å². The molecule has 0 aliphatic rings. The van der Waals surface area contributed by atoms with E-state index in [-0.39, 0.29) is 13.2 Å². The monoisotopic (exact) mass is 464 g/mol. The van der Waals surface area contributed by atoms with Crippen molar-refractivity contribution in [3.05, 3.63) is 0 Å². The van der Waals surface area contributed by atoms with Gasteiger partial charge >= 0.3 is 0 Å². The molecule has 0 spiro atoms. The van der Waals surface area contributed by atoms with Gasteiger partial charge in [0.15, 0.2) is 12.6 Å². The van der Waals surface area contributed by atoms with Gasteiger partial charge in [-0.05, 0) is 26.7 Å². The quantitative estimate of drug-likeness (QED) is 0.142. The van der Waals surface area contributed by atoms with E-state index in [0.717, 1.165) is 25.7 Å². The fraction of sp³-hybridized carbons (Fsp3) is 1.00. The zero-order chi connectivity index (χ0) is 24.0. The summed E-state index contributed by atoms with van der Waals surface area (Å²) in [5.41, 5.74) is 0. The van der Waals surface area contributed by atoms with Crippen LogP contribution in [0.15, 0.2) is 0 Å². The lowest BCUT2D eigenvalue weighted by Gasteiger charge is -2.28. The average molecular weight is 465 g/mol. The molecule has 0 heterocycles. The van der Waals surface area contributed by atoms with E-state index < -0.39 is 30.9 Å². The van der Waals surface area contributed by atoms with Gasteiger partial charge in [-0.3, -0.25) is 0 Å². The average Bonchev–Trinajstić information content (AvgIpc) is 2.77. The Morgan fingerprint density at radius 2 is 1.03 bits per heavy atom. The molecule has 0 aromatic carbocycles. The molecule has 7 nitrogen and oxygen atoms in total. The maximum atomic E-state index is 9.98. The van der Waals surface area contributed by atoms with Crippen LogP contribution < -0.4 is 0 Å². The molecule has 3 N–H and O–H groups in total. The van der Waals surface area contributed by atoms with Gasteiger partial charge in [0.1, 0.15) is 18.3 Å². The number of ether oxygens (including phenoxy) is 4. The maximum Gasteiger partial charge on any atom is 0.183 e. The number of unbranched alkanes of at least 4 members (excludes halogenated alkanes) is 10. The van der Waals surface area contributed by atoms with Crippen LogP contribution in [0.2, 0.25) is 0 Å². The van der Waals surface area contributed by atoms with Crippen LogP contribution in [0.1, 0.15) is 105 Å². The minimum absolute atomic E-state index is 0.0339. The van der Waals surface area contributed by atoms with E-state index in [1.807, 2.05) is 0 Å². The molecule has 0 amide bonds. The van der Waals surface area contributed by atoms with E-state index in [1.54, 1.807) is 13.8 Å². The van der Waals surface area contributed by atoms with Crippen LogP contribution in [0, 0.1) is 0 Å². The van der Waals surface area contributed by atoms with Gasteiger partial charge in [-0.2, -0.15) is 0 Å². The van der Waals surface area contributed by atoms with Gasteiger partial charge in [0, 0.05) is 13.2 Å². The van der Waals surface area contributed by atoms with E-state index in [4.69, 9.17) is 18.9 Å². The van der Waals surface area contributed by atoms with Gasteiger partial charge in [0.2, 0.25) is 0 Å². The van der Waals surface area contributed by atoms with Gasteiger partial charge in [0.25, 0.3) is 0 Å². The summed E-state index contributed by atoms with van der Waals surface area (Å²) in [6.07, 6.45) is 9.92. The minimum atomic E-state index is -0.833. The maximum absolute atomic E-state index is 9.98. The van der Waals surface area contributed by atoms with E-state index in [9.17, 15) is 15.3 Å². The highest BCUT2D eigenvalue weighted by molar-refractivity contribution is 4.63. The van der Waals surface area contributed by atoms with Crippen molar-refractivity contribution in [2.45, 2.75) is 136 Å². The summed E-state index contributed by atoms with van der Waals surface area (Å²) in [7, 11) is 0. The number of rotatable bonds is 24. The Kier molecular flexibility index (Phi) is 22.3. The Bertz CT molecular complexity index is 379. The van der Waals surface area contributed by atoms with Crippen LogP contribution in [-0.2, 0) is 18.9 Å². The van der Waals surface area contributed by atoms with E-state index in [1.165, 1.54) is 51.4 Å². The zero-order valence-corrected chi connectivity index (χ0v) is 21.2. The molecule has 0 saturated carbocycles. The fourth-order valence-electron chi connectivity index (χ4n) is 3.31. The van der Waals surface area contributed by atoms with Crippen molar-refractivity contribution < 1.29 is 34.3 Å². The third-order valence-corrected chi connectivity index (χ3v) is 5.32. The lowest BCUT2D eigenvalue weighted by molar-refractivity contribution is -0.248. The van der Waals surface area contributed by atoms with Crippen LogP contribution in [0.4, 0.5) is 0 Å². The first-order chi connectivity index (χ1) is 15.5. The van der Waals surface area contributed by atoms with Crippen LogP contribution in [0.25, 0.3) is 0 Å². The molecule has 32 heavy (non-hydrogen) atoms. The first kappa shape index (κ1) is 31.7. The second kappa shape index (κ2) is 22.5. The molecule has 0 fully saturated rings. The molecular formula is C25H52O7. The summed E-state index contributed by atoms with van der Waals surface area (Å²) >= 11 is 0. The topological polar surface area (TPSA) is 97.6 Å². The van der Waals surface area contributed by atoms with Crippen molar-refractivity contribution in [3.8, 4) is 0 Å². The zero-order valence-electron chi connectivity index (χ0n) is 21.2. The smallest absolute Gasteiger partial charge is 0.183 e. The van der Waals surface area contributed by atoms with Gasteiger partial charge in [-0.1, -0.05) is 78.1 Å². The van der Waals surface area contributed by atoms with Gasteiger partial charge in [-0.15, -0.1) is 0 Å². The largest absolute Gasteiger partial charge is 0.394 e. The lowest BCUT2D eigenvalue weighted by atomic mass is 10.1. The van der Waals surface area contributed by atoms with Gasteiger partial charge in [-0.25, -0.2) is 0 Å². The summed E-state index contributed by atoms with van der Waals surface area (Å²) < 4.78 is 22.8. The Morgan fingerprint density at radius 1 is 0.594 bits per heavy atom. The highest BCUT2D eigenvalue weighted by Gasteiger charge is 2.24. The van der Waals surface area contributed by atoms with Crippen LogP contribution >= 0.6 is 0 Å². The number of aliphatic hydroxyl groups excluding tert-OH is 3. The van der Waals surface area contributed by atoms with Crippen molar-refractivity contribution in [1.82, 2.24) is 0 Å². The summed E-state index contributed by atoms with van der Waals surface area (Å²) in [6, 6.07) is 0. The first-order valence-electron chi connectivity index (χ1n) is 12.9. The molecule has 0 bridgehead atoms. The molecule has 0 rings (SSSR count). The summed E-state index contributed by atoms with van der Waals surface area (Å²) in [6.45, 7) is 8.37. The molecule has 7 heteroatoms. The third kappa shape index (κ3) is 18.2. The number of hydrogen-bond donors (Lipinski definition) is 3. The van der Waals surface area contributed by atoms with Crippen molar-refractivity contribution in [2.24, 2.45) is 0 Å². The van der Waals surface area contributed by atoms with E-state index >= 15 is 0 Å². The summed E-state index contributed by atoms with van der Waals surface area (Å²) in [4.78, 5) is 0. The van der Waals surface area contributed by atoms with Crippen molar-refractivity contribution >= 4 is 0 Å².